The van der Waals surface area contributed by atoms with E-state index in [1.54, 1.807) is 24.5 Å². The largest absolute Gasteiger partial charge is 0.350 e. The number of halogens is 1. The SMILES string of the molecule is CC(=O)Nc1cc(-c2cc(C)c(-n3cnn(C/C(=C/F)CN)c3=O)cn2)ccn1. The lowest BCUT2D eigenvalue weighted by molar-refractivity contribution is -0.114. The minimum atomic E-state index is -0.424. The zero-order valence-electron chi connectivity index (χ0n) is 16.0. The smallest absolute Gasteiger partial charge is 0.327 e. The molecule has 150 valence electrons. The second-order valence-corrected chi connectivity index (χ2v) is 6.38. The van der Waals surface area contributed by atoms with E-state index in [9.17, 15) is 14.0 Å². The molecule has 3 heterocycles. The van der Waals surface area contributed by atoms with E-state index in [1.807, 2.05) is 13.0 Å². The molecule has 3 N–H and O–H groups in total. The van der Waals surface area contributed by atoms with Crippen molar-refractivity contribution in [3.63, 3.8) is 0 Å². The minimum Gasteiger partial charge on any atom is -0.327 e. The number of hydrogen-bond acceptors (Lipinski definition) is 6. The summed E-state index contributed by atoms with van der Waals surface area (Å²) in [6.07, 6.45) is 4.88. The van der Waals surface area contributed by atoms with Gasteiger partial charge in [0.1, 0.15) is 12.1 Å². The highest BCUT2D eigenvalue weighted by atomic mass is 19.1. The molecule has 0 saturated carbocycles. The molecule has 0 aliphatic carbocycles. The third-order valence-electron chi connectivity index (χ3n) is 4.21. The van der Waals surface area contributed by atoms with Crippen LogP contribution in [0.4, 0.5) is 10.2 Å². The van der Waals surface area contributed by atoms with Crippen LogP contribution in [0.2, 0.25) is 0 Å². The maximum atomic E-state index is 12.7. The Morgan fingerprint density at radius 3 is 2.79 bits per heavy atom. The number of aromatic nitrogens is 5. The molecule has 0 atom stereocenters. The predicted molar refractivity (Wildman–Crippen MR) is 106 cm³/mol. The lowest BCUT2D eigenvalue weighted by Gasteiger charge is -2.09. The van der Waals surface area contributed by atoms with Crippen LogP contribution in [0.5, 0.6) is 0 Å². The molecule has 10 heteroatoms. The van der Waals surface area contributed by atoms with Gasteiger partial charge in [-0.2, -0.15) is 5.10 Å². The Morgan fingerprint density at radius 1 is 1.34 bits per heavy atom. The number of pyridine rings is 2. The molecule has 0 bridgehead atoms. The number of carbonyl (C=O) groups excluding carboxylic acids is 1. The van der Waals surface area contributed by atoms with Gasteiger partial charge in [-0.15, -0.1) is 0 Å². The fourth-order valence-corrected chi connectivity index (χ4v) is 2.74. The van der Waals surface area contributed by atoms with E-state index in [-0.39, 0.29) is 24.6 Å². The summed E-state index contributed by atoms with van der Waals surface area (Å²) in [5.74, 6) is 0.207. The molecule has 3 aromatic heterocycles. The number of nitrogens with two attached hydrogens (primary N) is 1. The molecule has 0 aliphatic rings. The quantitative estimate of drug-likeness (QED) is 0.651. The van der Waals surface area contributed by atoms with Crippen LogP contribution in [0.15, 0.2) is 53.6 Å². The zero-order chi connectivity index (χ0) is 21.0. The van der Waals surface area contributed by atoms with E-state index >= 15 is 0 Å². The third kappa shape index (κ3) is 4.43. The molecule has 29 heavy (non-hydrogen) atoms. The van der Waals surface area contributed by atoms with Crippen molar-refractivity contribution in [3.05, 3.63) is 64.9 Å². The Bertz CT molecular complexity index is 1130. The summed E-state index contributed by atoms with van der Waals surface area (Å²) in [6, 6.07) is 5.30. The molecular formula is C19H20FN7O2. The van der Waals surface area contributed by atoms with Crippen LogP contribution in [0.25, 0.3) is 16.9 Å². The summed E-state index contributed by atoms with van der Waals surface area (Å²) >= 11 is 0. The molecule has 3 aromatic rings. The number of rotatable bonds is 6. The molecule has 0 unspecified atom stereocenters. The number of nitrogens with one attached hydrogen (secondary N) is 1. The standard InChI is InChI=1S/C19H20FN7O2/c1-12-5-16(15-3-4-22-18(6-15)25-13(2)28)23-9-17(12)26-11-24-27(19(26)29)10-14(7-20)8-21/h3-7,9,11H,8,10,21H2,1-2H3,(H,22,25,28)/b14-7+. The van der Waals surface area contributed by atoms with E-state index in [2.05, 4.69) is 20.4 Å². The fraction of sp³-hybridized carbons (Fsp3) is 0.211. The summed E-state index contributed by atoms with van der Waals surface area (Å²) in [4.78, 5) is 32.3. The first-order valence-electron chi connectivity index (χ1n) is 8.76. The van der Waals surface area contributed by atoms with Gasteiger partial charge >= 0.3 is 5.69 Å². The van der Waals surface area contributed by atoms with Crippen LogP contribution in [-0.4, -0.2) is 36.8 Å². The second-order valence-electron chi connectivity index (χ2n) is 6.38. The van der Waals surface area contributed by atoms with Crippen molar-refractivity contribution in [2.24, 2.45) is 5.73 Å². The number of aryl methyl sites for hydroxylation is 1. The molecule has 0 saturated heterocycles. The van der Waals surface area contributed by atoms with E-state index in [1.165, 1.54) is 17.8 Å². The average Bonchev–Trinajstić information content (AvgIpc) is 3.05. The summed E-state index contributed by atoms with van der Waals surface area (Å²) in [5.41, 5.74) is 8.04. The van der Waals surface area contributed by atoms with Crippen molar-refractivity contribution in [1.82, 2.24) is 24.3 Å². The highest BCUT2D eigenvalue weighted by Crippen LogP contribution is 2.22. The molecule has 1 amide bonds. The Labute approximate surface area is 165 Å². The molecule has 0 aromatic carbocycles. The van der Waals surface area contributed by atoms with E-state index < -0.39 is 5.69 Å². The van der Waals surface area contributed by atoms with E-state index in [0.29, 0.717) is 23.5 Å². The van der Waals surface area contributed by atoms with Gasteiger partial charge in [0.05, 0.1) is 30.5 Å². The fourth-order valence-electron chi connectivity index (χ4n) is 2.74. The van der Waals surface area contributed by atoms with Gasteiger partial charge in [-0.1, -0.05) is 0 Å². The number of hydrogen-bond donors (Lipinski definition) is 2. The normalized spacial score (nSPS) is 11.5. The van der Waals surface area contributed by atoms with Crippen molar-refractivity contribution >= 4 is 11.7 Å². The Morgan fingerprint density at radius 2 is 2.14 bits per heavy atom. The highest BCUT2D eigenvalue weighted by Gasteiger charge is 2.12. The van der Waals surface area contributed by atoms with Crippen LogP contribution in [0.3, 0.4) is 0 Å². The number of anilines is 1. The summed E-state index contributed by atoms with van der Waals surface area (Å²) < 4.78 is 15.2. The van der Waals surface area contributed by atoms with Crippen molar-refractivity contribution in [3.8, 4) is 16.9 Å². The van der Waals surface area contributed by atoms with Crippen molar-refractivity contribution < 1.29 is 9.18 Å². The van der Waals surface area contributed by atoms with Gasteiger partial charge in [-0.25, -0.2) is 23.4 Å². The van der Waals surface area contributed by atoms with E-state index in [0.717, 1.165) is 15.8 Å². The molecule has 0 fully saturated rings. The van der Waals surface area contributed by atoms with Gasteiger partial charge in [-0.05, 0) is 36.3 Å². The number of nitrogens with zero attached hydrogens (tertiary/aromatic N) is 5. The van der Waals surface area contributed by atoms with Gasteiger partial charge < -0.3 is 11.1 Å². The average molecular weight is 397 g/mol. The van der Waals surface area contributed by atoms with Crippen molar-refractivity contribution in [1.29, 1.82) is 0 Å². The topological polar surface area (TPSA) is 121 Å². The maximum absolute atomic E-state index is 12.7. The number of carbonyl (C=O) groups is 1. The van der Waals surface area contributed by atoms with Gasteiger partial charge in [-0.3, -0.25) is 9.78 Å². The zero-order valence-corrected chi connectivity index (χ0v) is 16.0. The van der Waals surface area contributed by atoms with Crippen LogP contribution in [0, 0.1) is 6.92 Å². The molecule has 0 radical (unpaired) electrons. The van der Waals surface area contributed by atoms with Gasteiger partial charge in [0.15, 0.2) is 0 Å². The lowest BCUT2D eigenvalue weighted by atomic mass is 10.1. The molecule has 9 nitrogen and oxygen atoms in total. The molecular weight excluding hydrogens is 377 g/mol. The first kappa shape index (κ1) is 20.1. The highest BCUT2D eigenvalue weighted by molar-refractivity contribution is 5.88. The monoisotopic (exact) mass is 397 g/mol. The molecule has 3 rings (SSSR count). The van der Waals surface area contributed by atoms with Crippen LogP contribution in [0.1, 0.15) is 12.5 Å². The van der Waals surface area contributed by atoms with Gasteiger partial charge in [0.2, 0.25) is 5.91 Å². The predicted octanol–water partition coefficient (Wildman–Crippen LogP) is 1.57. The second kappa shape index (κ2) is 8.57. The third-order valence-corrected chi connectivity index (χ3v) is 4.21. The molecule has 0 spiro atoms. The summed E-state index contributed by atoms with van der Waals surface area (Å²) in [6.45, 7) is 3.22. The Hall–Kier alpha value is -3.66. The van der Waals surface area contributed by atoms with Gasteiger partial charge in [0.25, 0.3) is 0 Å². The summed E-state index contributed by atoms with van der Waals surface area (Å²) in [7, 11) is 0. The first-order valence-corrected chi connectivity index (χ1v) is 8.76. The van der Waals surface area contributed by atoms with Gasteiger partial charge in [0, 0.05) is 25.2 Å². The van der Waals surface area contributed by atoms with Crippen LogP contribution in [-0.2, 0) is 11.3 Å². The summed E-state index contributed by atoms with van der Waals surface area (Å²) in [5, 5.41) is 6.64. The Kier molecular flexibility index (Phi) is 5.93. The Balaban J connectivity index is 1.92. The first-order chi connectivity index (χ1) is 13.9. The number of amides is 1. The van der Waals surface area contributed by atoms with Crippen LogP contribution < -0.4 is 16.7 Å². The lowest BCUT2D eigenvalue weighted by Crippen LogP contribution is -2.26. The van der Waals surface area contributed by atoms with Crippen molar-refractivity contribution in [2.75, 3.05) is 11.9 Å². The van der Waals surface area contributed by atoms with Crippen LogP contribution >= 0.6 is 0 Å². The van der Waals surface area contributed by atoms with E-state index in [4.69, 9.17) is 5.73 Å². The molecule has 0 aliphatic heterocycles. The maximum Gasteiger partial charge on any atom is 0.350 e. The minimum absolute atomic E-state index is 0.00249. The van der Waals surface area contributed by atoms with Crippen molar-refractivity contribution in [2.45, 2.75) is 20.4 Å².